The zero-order chi connectivity index (χ0) is 13.9. The Morgan fingerprint density at radius 2 is 2.05 bits per heavy atom. The number of aliphatic hydroxyl groups is 1. The zero-order valence-electron chi connectivity index (χ0n) is 11.3. The highest BCUT2D eigenvalue weighted by Gasteiger charge is 2.12. The van der Waals surface area contributed by atoms with Crippen molar-refractivity contribution >= 4 is 16.7 Å². The normalized spacial score (nSPS) is 10.9. The van der Waals surface area contributed by atoms with Crippen LogP contribution in [-0.2, 0) is 13.2 Å². The number of hydrogen-bond donors (Lipinski definition) is 1. The van der Waals surface area contributed by atoms with E-state index in [4.69, 9.17) is 4.42 Å². The molecule has 0 radical (unpaired) electrons. The lowest BCUT2D eigenvalue weighted by molar-refractivity contribution is 0.282. The Morgan fingerprint density at radius 1 is 1.20 bits per heavy atom. The molecule has 2 aromatic heterocycles. The van der Waals surface area contributed by atoms with E-state index in [9.17, 15) is 5.11 Å². The number of nitrogens with zero attached hydrogens (tertiary/aromatic N) is 2. The van der Waals surface area contributed by atoms with Crippen molar-refractivity contribution in [2.75, 3.05) is 11.9 Å². The lowest BCUT2D eigenvalue weighted by Gasteiger charge is -2.20. The number of benzene rings is 1. The van der Waals surface area contributed by atoms with Crippen molar-refractivity contribution < 1.29 is 9.52 Å². The first-order valence-corrected chi connectivity index (χ1v) is 6.51. The lowest BCUT2D eigenvalue weighted by atomic mass is 10.1. The van der Waals surface area contributed by atoms with E-state index in [1.807, 2.05) is 54.4 Å². The summed E-state index contributed by atoms with van der Waals surface area (Å²) in [7, 11) is 1.94. The van der Waals surface area contributed by atoms with E-state index in [2.05, 4.69) is 4.98 Å². The number of rotatable bonds is 4. The number of aromatic nitrogens is 1. The van der Waals surface area contributed by atoms with Crippen LogP contribution in [0.3, 0.4) is 0 Å². The number of furan rings is 1. The van der Waals surface area contributed by atoms with Gasteiger partial charge in [0.25, 0.3) is 0 Å². The van der Waals surface area contributed by atoms with Gasteiger partial charge >= 0.3 is 0 Å². The molecule has 3 aromatic rings. The Hall–Kier alpha value is -2.33. The Balaban J connectivity index is 2.00. The van der Waals surface area contributed by atoms with Gasteiger partial charge in [0, 0.05) is 18.0 Å². The molecule has 20 heavy (non-hydrogen) atoms. The molecule has 0 aliphatic heterocycles. The summed E-state index contributed by atoms with van der Waals surface area (Å²) < 4.78 is 5.35. The molecule has 0 aliphatic carbocycles. The van der Waals surface area contributed by atoms with Crippen LogP contribution in [0.5, 0.6) is 0 Å². The van der Waals surface area contributed by atoms with Crippen molar-refractivity contribution in [3.05, 3.63) is 60.1 Å². The largest absolute Gasteiger partial charge is 0.467 e. The first kappa shape index (κ1) is 12.7. The summed E-state index contributed by atoms with van der Waals surface area (Å²) in [5.74, 6) is 1.65. The summed E-state index contributed by atoms with van der Waals surface area (Å²) in [5, 5.41) is 10.6. The SMILES string of the molecule is CN(Cc1ccco1)c1nc2ccccc2cc1CO. The monoisotopic (exact) mass is 268 g/mol. The van der Waals surface area contributed by atoms with Gasteiger partial charge in [-0.05, 0) is 24.3 Å². The predicted molar refractivity (Wildman–Crippen MR) is 78.5 cm³/mol. The second-order valence-electron chi connectivity index (χ2n) is 4.76. The molecular formula is C16H16N2O2. The van der Waals surface area contributed by atoms with Crippen molar-refractivity contribution in [1.82, 2.24) is 4.98 Å². The fourth-order valence-corrected chi connectivity index (χ4v) is 2.31. The third kappa shape index (κ3) is 2.38. The molecule has 0 unspecified atom stereocenters. The number of pyridine rings is 1. The summed E-state index contributed by atoms with van der Waals surface area (Å²) in [6, 6.07) is 13.7. The third-order valence-corrected chi connectivity index (χ3v) is 3.29. The van der Waals surface area contributed by atoms with E-state index in [1.165, 1.54) is 0 Å². The van der Waals surface area contributed by atoms with Crippen LogP contribution < -0.4 is 4.90 Å². The van der Waals surface area contributed by atoms with Gasteiger partial charge in [-0.1, -0.05) is 18.2 Å². The minimum atomic E-state index is -0.0321. The smallest absolute Gasteiger partial charge is 0.134 e. The van der Waals surface area contributed by atoms with E-state index < -0.39 is 0 Å². The Labute approximate surface area is 117 Å². The van der Waals surface area contributed by atoms with Gasteiger partial charge in [0.05, 0.1) is 24.9 Å². The second kappa shape index (κ2) is 5.35. The summed E-state index contributed by atoms with van der Waals surface area (Å²) >= 11 is 0. The summed E-state index contributed by atoms with van der Waals surface area (Å²) in [4.78, 5) is 6.63. The van der Waals surface area contributed by atoms with E-state index in [0.717, 1.165) is 28.0 Å². The van der Waals surface area contributed by atoms with Gasteiger partial charge < -0.3 is 14.4 Å². The van der Waals surface area contributed by atoms with Crippen LogP contribution in [0.2, 0.25) is 0 Å². The number of hydrogen-bond acceptors (Lipinski definition) is 4. The van der Waals surface area contributed by atoms with Gasteiger partial charge in [0.15, 0.2) is 0 Å². The molecule has 0 atom stereocenters. The summed E-state index contributed by atoms with van der Waals surface area (Å²) in [6.45, 7) is 0.584. The van der Waals surface area contributed by atoms with Crippen LogP contribution in [0.25, 0.3) is 10.9 Å². The Morgan fingerprint density at radius 3 is 2.80 bits per heavy atom. The van der Waals surface area contributed by atoms with Crippen molar-refractivity contribution in [1.29, 1.82) is 0 Å². The van der Waals surface area contributed by atoms with Gasteiger partial charge in [-0.15, -0.1) is 0 Å². The molecule has 0 amide bonds. The van der Waals surface area contributed by atoms with Crippen LogP contribution in [-0.4, -0.2) is 17.1 Å². The van der Waals surface area contributed by atoms with Crippen LogP contribution in [0.4, 0.5) is 5.82 Å². The lowest BCUT2D eigenvalue weighted by Crippen LogP contribution is -2.19. The van der Waals surface area contributed by atoms with E-state index in [1.54, 1.807) is 6.26 Å². The van der Waals surface area contributed by atoms with Gasteiger partial charge in [-0.2, -0.15) is 0 Å². The molecule has 0 bridgehead atoms. The number of aliphatic hydroxyl groups excluding tert-OH is 1. The van der Waals surface area contributed by atoms with Gasteiger partial charge in [-0.3, -0.25) is 0 Å². The molecule has 102 valence electrons. The van der Waals surface area contributed by atoms with Crippen LogP contribution in [0.15, 0.2) is 53.1 Å². The molecule has 0 saturated carbocycles. The van der Waals surface area contributed by atoms with Gasteiger partial charge in [0.1, 0.15) is 11.6 Å². The highest BCUT2D eigenvalue weighted by molar-refractivity contribution is 5.81. The number of anilines is 1. The zero-order valence-corrected chi connectivity index (χ0v) is 11.3. The van der Waals surface area contributed by atoms with Crippen molar-refractivity contribution in [3.8, 4) is 0 Å². The average molecular weight is 268 g/mol. The maximum absolute atomic E-state index is 9.56. The average Bonchev–Trinajstić information content (AvgIpc) is 2.98. The fraction of sp³-hybridized carbons (Fsp3) is 0.188. The molecular weight excluding hydrogens is 252 g/mol. The predicted octanol–water partition coefficient (Wildman–Crippen LogP) is 2.96. The van der Waals surface area contributed by atoms with Crippen LogP contribution in [0, 0.1) is 0 Å². The molecule has 2 heterocycles. The fourth-order valence-electron chi connectivity index (χ4n) is 2.31. The summed E-state index contributed by atoms with van der Waals surface area (Å²) in [6.07, 6.45) is 1.66. The first-order chi connectivity index (χ1) is 9.78. The van der Waals surface area contributed by atoms with Gasteiger partial charge in [0.2, 0.25) is 0 Å². The molecule has 1 aromatic carbocycles. The molecule has 3 rings (SSSR count). The minimum Gasteiger partial charge on any atom is -0.467 e. The van der Waals surface area contributed by atoms with E-state index >= 15 is 0 Å². The Bertz CT molecular complexity index is 708. The molecule has 0 aliphatic rings. The molecule has 0 spiro atoms. The highest BCUT2D eigenvalue weighted by Crippen LogP contribution is 2.24. The second-order valence-corrected chi connectivity index (χ2v) is 4.76. The topological polar surface area (TPSA) is 49.5 Å². The van der Waals surface area contributed by atoms with Crippen molar-refractivity contribution in [3.63, 3.8) is 0 Å². The van der Waals surface area contributed by atoms with Crippen LogP contribution >= 0.6 is 0 Å². The molecule has 0 fully saturated rings. The third-order valence-electron chi connectivity index (χ3n) is 3.29. The standard InChI is InChI=1S/C16H16N2O2/c1-18(10-14-6-4-8-20-14)16-13(11-19)9-12-5-2-3-7-15(12)17-16/h2-9,19H,10-11H2,1H3. The van der Waals surface area contributed by atoms with Crippen LogP contribution in [0.1, 0.15) is 11.3 Å². The number of para-hydroxylation sites is 1. The van der Waals surface area contributed by atoms with Crippen molar-refractivity contribution in [2.24, 2.45) is 0 Å². The molecule has 4 nitrogen and oxygen atoms in total. The summed E-state index contributed by atoms with van der Waals surface area (Å²) in [5.41, 5.74) is 1.74. The molecule has 0 saturated heterocycles. The van der Waals surface area contributed by atoms with E-state index in [0.29, 0.717) is 6.54 Å². The number of fused-ring (bicyclic) bond motifs is 1. The quantitative estimate of drug-likeness (QED) is 0.790. The molecule has 4 heteroatoms. The Kier molecular flexibility index (Phi) is 3.39. The van der Waals surface area contributed by atoms with Gasteiger partial charge in [-0.25, -0.2) is 4.98 Å². The highest BCUT2D eigenvalue weighted by atomic mass is 16.3. The molecule has 1 N–H and O–H groups in total. The maximum atomic E-state index is 9.56. The van der Waals surface area contributed by atoms with E-state index in [-0.39, 0.29) is 6.61 Å². The minimum absolute atomic E-state index is 0.0321. The first-order valence-electron chi connectivity index (χ1n) is 6.51. The maximum Gasteiger partial charge on any atom is 0.134 e. The van der Waals surface area contributed by atoms with Crippen molar-refractivity contribution in [2.45, 2.75) is 13.2 Å².